The molecule has 0 aliphatic rings. The van der Waals surface area contributed by atoms with Gasteiger partial charge < -0.3 is 4.74 Å². The van der Waals surface area contributed by atoms with Gasteiger partial charge in [-0.25, -0.2) is 0 Å². The van der Waals surface area contributed by atoms with Crippen LogP contribution in [-0.2, 0) is 0 Å². The van der Waals surface area contributed by atoms with Crippen LogP contribution in [0.5, 0.6) is 5.75 Å². The molecule has 0 spiro atoms. The van der Waals surface area contributed by atoms with E-state index in [0.29, 0.717) is 18.0 Å². The van der Waals surface area contributed by atoms with Crippen LogP contribution in [0.25, 0.3) is 0 Å². The Kier molecular flexibility index (Phi) is 4.96. The second kappa shape index (κ2) is 6.72. The SMILES string of the molecule is C=C(C)COc1ccccc1NN=C(C#N)C#N. The Morgan fingerprint density at radius 1 is 1.39 bits per heavy atom. The lowest BCUT2D eigenvalue weighted by Gasteiger charge is -2.10. The average Bonchev–Trinajstić information content (AvgIpc) is 2.38. The molecule has 1 rings (SSSR count). The summed E-state index contributed by atoms with van der Waals surface area (Å²) in [4.78, 5) is 0. The molecule has 0 aromatic heterocycles. The molecule has 1 aromatic carbocycles. The van der Waals surface area contributed by atoms with Gasteiger partial charge in [-0.15, -0.1) is 0 Å². The van der Waals surface area contributed by atoms with Crippen LogP contribution in [0, 0.1) is 22.7 Å². The maximum absolute atomic E-state index is 8.56. The zero-order chi connectivity index (χ0) is 13.4. The van der Waals surface area contributed by atoms with Crippen molar-refractivity contribution < 1.29 is 4.74 Å². The highest BCUT2D eigenvalue weighted by Crippen LogP contribution is 2.24. The number of hydrogen-bond donors (Lipinski definition) is 1. The van der Waals surface area contributed by atoms with Crippen LogP contribution in [0.3, 0.4) is 0 Å². The number of ether oxygens (including phenoxy) is 1. The first-order valence-electron chi connectivity index (χ1n) is 5.17. The fourth-order valence-corrected chi connectivity index (χ4v) is 1.08. The maximum atomic E-state index is 8.56. The Balaban J connectivity index is 2.83. The van der Waals surface area contributed by atoms with Crippen molar-refractivity contribution in [2.75, 3.05) is 12.0 Å². The normalized spacial score (nSPS) is 8.61. The molecule has 18 heavy (non-hydrogen) atoms. The Morgan fingerprint density at radius 3 is 2.67 bits per heavy atom. The third-order valence-corrected chi connectivity index (χ3v) is 1.86. The van der Waals surface area contributed by atoms with Crippen LogP contribution in [0.15, 0.2) is 41.5 Å². The molecule has 5 heteroatoms. The van der Waals surface area contributed by atoms with Gasteiger partial charge in [-0.1, -0.05) is 18.7 Å². The maximum Gasteiger partial charge on any atom is 0.237 e. The molecule has 0 bridgehead atoms. The molecular weight excluding hydrogens is 228 g/mol. The van der Waals surface area contributed by atoms with E-state index < -0.39 is 0 Å². The highest BCUT2D eigenvalue weighted by molar-refractivity contribution is 6.10. The molecule has 0 radical (unpaired) electrons. The number of hydrazone groups is 1. The minimum absolute atomic E-state index is 0.246. The summed E-state index contributed by atoms with van der Waals surface area (Å²) in [5.41, 5.74) is 3.86. The fraction of sp³-hybridized carbons (Fsp3) is 0.154. The molecule has 0 saturated heterocycles. The second-order valence-electron chi connectivity index (χ2n) is 3.54. The number of benzene rings is 1. The molecule has 0 heterocycles. The number of hydrogen-bond acceptors (Lipinski definition) is 5. The van der Waals surface area contributed by atoms with Gasteiger partial charge in [0.1, 0.15) is 24.5 Å². The first-order valence-corrected chi connectivity index (χ1v) is 5.17. The molecule has 90 valence electrons. The Bertz CT molecular complexity index is 533. The van der Waals surface area contributed by atoms with E-state index >= 15 is 0 Å². The van der Waals surface area contributed by atoms with E-state index in [0.717, 1.165) is 5.57 Å². The molecule has 0 saturated carbocycles. The van der Waals surface area contributed by atoms with Crippen LogP contribution in [0.4, 0.5) is 5.69 Å². The van der Waals surface area contributed by atoms with Gasteiger partial charge in [-0.3, -0.25) is 5.43 Å². The summed E-state index contributed by atoms with van der Waals surface area (Å²) in [5.74, 6) is 0.583. The number of para-hydroxylation sites is 2. The molecule has 0 fully saturated rings. The smallest absolute Gasteiger partial charge is 0.237 e. The first-order chi connectivity index (χ1) is 8.67. The van der Waals surface area contributed by atoms with E-state index in [9.17, 15) is 0 Å². The summed E-state index contributed by atoms with van der Waals surface area (Å²) in [6, 6.07) is 10.4. The van der Waals surface area contributed by atoms with Crippen LogP contribution in [-0.4, -0.2) is 12.3 Å². The molecule has 0 aliphatic carbocycles. The molecule has 1 N–H and O–H groups in total. The number of rotatable bonds is 5. The summed E-state index contributed by atoms with van der Waals surface area (Å²) in [7, 11) is 0. The van der Waals surface area contributed by atoms with E-state index in [1.807, 2.05) is 13.0 Å². The van der Waals surface area contributed by atoms with Gasteiger partial charge in [0.2, 0.25) is 5.71 Å². The summed E-state index contributed by atoms with van der Waals surface area (Å²) in [5, 5.41) is 20.8. The zero-order valence-electron chi connectivity index (χ0n) is 9.97. The standard InChI is InChI=1S/C13H12N4O/c1-10(2)9-18-13-6-4-3-5-12(13)17-16-11(7-14)8-15/h3-6,17H,1,9H2,2H3. The minimum Gasteiger partial charge on any atom is -0.487 e. The number of nitrogens with zero attached hydrogens (tertiary/aromatic N) is 3. The number of nitriles is 2. The highest BCUT2D eigenvalue weighted by Gasteiger charge is 2.02. The Labute approximate surface area is 106 Å². The van der Waals surface area contributed by atoms with Gasteiger partial charge in [0.25, 0.3) is 0 Å². The lowest BCUT2D eigenvalue weighted by Crippen LogP contribution is -2.02. The first kappa shape index (κ1) is 13.3. The average molecular weight is 240 g/mol. The summed E-state index contributed by atoms with van der Waals surface area (Å²) in [6.07, 6.45) is 0. The topological polar surface area (TPSA) is 81.2 Å². The lowest BCUT2D eigenvalue weighted by molar-refractivity contribution is 0.354. The van der Waals surface area contributed by atoms with Crippen molar-refractivity contribution >= 4 is 11.4 Å². The predicted molar refractivity (Wildman–Crippen MR) is 69.0 cm³/mol. The van der Waals surface area contributed by atoms with Gasteiger partial charge in [0.15, 0.2) is 0 Å². The van der Waals surface area contributed by atoms with Crippen molar-refractivity contribution in [1.29, 1.82) is 10.5 Å². The molecule has 5 nitrogen and oxygen atoms in total. The monoisotopic (exact) mass is 240 g/mol. The molecule has 0 unspecified atom stereocenters. The van der Waals surface area contributed by atoms with Crippen molar-refractivity contribution in [1.82, 2.24) is 0 Å². The quantitative estimate of drug-likeness (QED) is 0.487. The third kappa shape index (κ3) is 3.99. The van der Waals surface area contributed by atoms with E-state index in [1.54, 1.807) is 30.3 Å². The zero-order valence-corrected chi connectivity index (χ0v) is 9.97. The van der Waals surface area contributed by atoms with E-state index in [2.05, 4.69) is 17.1 Å². The van der Waals surface area contributed by atoms with Crippen molar-refractivity contribution in [2.45, 2.75) is 6.92 Å². The summed E-state index contributed by atoms with van der Waals surface area (Å²) in [6.45, 7) is 5.99. The highest BCUT2D eigenvalue weighted by atomic mass is 16.5. The Hall–Kier alpha value is -2.79. The lowest BCUT2D eigenvalue weighted by atomic mass is 10.3. The van der Waals surface area contributed by atoms with E-state index in [4.69, 9.17) is 15.3 Å². The molecule has 0 atom stereocenters. The summed E-state index contributed by atoms with van der Waals surface area (Å²) >= 11 is 0. The van der Waals surface area contributed by atoms with Crippen LogP contribution < -0.4 is 10.2 Å². The van der Waals surface area contributed by atoms with Crippen LogP contribution in [0.2, 0.25) is 0 Å². The van der Waals surface area contributed by atoms with Crippen molar-refractivity contribution in [3.8, 4) is 17.9 Å². The number of nitrogens with one attached hydrogen (secondary N) is 1. The number of anilines is 1. The molecule has 0 aliphatic heterocycles. The van der Waals surface area contributed by atoms with Crippen LogP contribution >= 0.6 is 0 Å². The van der Waals surface area contributed by atoms with Crippen LogP contribution in [0.1, 0.15) is 6.92 Å². The predicted octanol–water partition coefficient (Wildman–Crippen LogP) is 2.46. The molecule has 0 amide bonds. The minimum atomic E-state index is -0.246. The Morgan fingerprint density at radius 2 is 2.06 bits per heavy atom. The van der Waals surface area contributed by atoms with Crippen molar-refractivity contribution in [3.63, 3.8) is 0 Å². The fourth-order valence-electron chi connectivity index (χ4n) is 1.08. The third-order valence-electron chi connectivity index (χ3n) is 1.86. The van der Waals surface area contributed by atoms with Gasteiger partial charge in [0.05, 0.1) is 5.69 Å². The van der Waals surface area contributed by atoms with Gasteiger partial charge in [0, 0.05) is 0 Å². The van der Waals surface area contributed by atoms with Gasteiger partial charge in [-0.05, 0) is 24.6 Å². The second-order valence-corrected chi connectivity index (χ2v) is 3.54. The molecule has 1 aromatic rings. The van der Waals surface area contributed by atoms with Crippen molar-refractivity contribution in [3.05, 3.63) is 36.4 Å². The van der Waals surface area contributed by atoms with E-state index in [-0.39, 0.29) is 5.71 Å². The van der Waals surface area contributed by atoms with E-state index in [1.165, 1.54) is 0 Å². The van der Waals surface area contributed by atoms with Gasteiger partial charge >= 0.3 is 0 Å². The largest absolute Gasteiger partial charge is 0.487 e. The van der Waals surface area contributed by atoms with Gasteiger partial charge in [-0.2, -0.15) is 15.6 Å². The molecular formula is C13H12N4O. The summed E-state index contributed by atoms with van der Waals surface area (Å²) < 4.78 is 5.50. The van der Waals surface area contributed by atoms with Crippen molar-refractivity contribution in [2.24, 2.45) is 5.10 Å².